The van der Waals surface area contributed by atoms with Crippen LogP contribution >= 0.6 is 11.8 Å². The first kappa shape index (κ1) is 12.0. The first-order valence-corrected chi connectivity index (χ1v) is 4.78. The van der Waals surface area contributed by atoms with Crippen molar-refractivity contribution in [3.63, 3.8) is 0 Å². The van der Waals surface area contributed by atoms with Crippen LogP contribution in [0.5, 0.6) is 0 Å². The number of aliphatic carboxylic acids is 1. The zero-order valence-corrected chi connectivity index (χ0v) is 8.86. The fourth-order valence-corrected chi connectivity index (χ4v) is 1.89. The molecule has 1 aliphatic rings. The Morgan fingerprint density at radius 3 is 2.12 bits per heavy atom. The quantitative estimate of drug-likeness (QED) is 0.231. The van der Waals surface area contributed by atoms with Crippen molar-refractivity contribution in [2.24, 2.45) is 32.9 Å². The van der Waals surface area contributed by atoms with Crippen LogP contribution in [-0.4, -0.2) is 28.1 Å². The predicted octanol–water partition coefficient (Wildman–Crippen LogP) is -2.59. The summed E-state index contributed by atoms with van der Waals surface area (Å²) in [7, 11) is 0. The summed E-state index contributed by atoms with van der Waals surface area (Å²) in [6.07, 6.45) is 1.21. The minimum absolute atomic E-state index is 0.00463. The Morgan fingerprint density at radius 2 is 1.81 bits per heavy atom. The van der Waals surface area contributed by atoms with Crippen molar-refractivity contribution in [1.82, 2.24) is 5.32 Å². The van der Waals surface area contributed by atoms with E-state index in [0.717, 1.165) is 11.8 Å². The van der Waals surface area contributed by atoms with Gasteiger partial charge >= 0.3 is 5.97 Å². The average molecular weight is 245 g/mol. The second-order valence-corrected chi connectivity index (χ2v) is 3.95. The summed E-state index contributed by atoms with van der Waals surface area (Å²) in [4.78, 5) is 18.2. The minimum atomic E-state index is -1.44. The van der Waals surface area contributed by atoms with Crippen LogP contribution in [-0.2, 0) is 4.79 Å². The van der Waals surface area contributed by atoms with Crippen LogP contribution in [0.2, 0.25) is 0 Å². The molecule has 88 valence electrons. The predicted molar refractivity (Wildman–Crippen MR) is 60.8 cm³/mol. The maximum atomic E-state index is 10.7. The summed E-state index contributed by atoms with van der Waals surface area (Å²) < 4.78 is 0. The van der Waals surface area contributed by atoms with Gasteiger partial charge in [-0.25, -0.2) is 4.79 Å². The van der Waals surface area contributed by atoms with Crippen molar-refractivity contribution in [1.29, 1.82) is 0 Å². The zero-order valence-electron chi connectivity index (χ0n) is 8.04. The van der Waals surface area contributed by atoms with Crippen LogP contribution in [0.25, 0.3) is 0 Å². The van der Waals surface area contributed by atoms with E-state index in [2.05, 4.69) is 15.3 Å². The summed E-state index contributed by atoms with van der Waals surface area (Å²) in [5, 5.41) is 9.91. The molecule has 0 aliphatic carbocycles. The fourth-order valence-electron chi connectivity index (χ4n) is 0.962. The van der Waals surface area contributed by atoms with E-state index in [0.29, 0.717) is 0 Å². The van der Waals surface area contributed by atoms with Gasteiger partial charge in [-0.3, -0.25) is 0 Å². The molecule has 0 aromatic heterocycles. The standard InChI is InChI=1S/C6H11N7O2S/c7-4(8)12-6(13-5(9)10)11-1-2(16-6)3(14)15/h1,11H,(H,14,15)(H4,7,8,12)(H4,9,10,13). The van der Waals surface area contributed by atoms with Gasteiger partial charge in [0.05, 0.1) is 0 Å². The van der Waals surface area contributed by atoms with Gasteiger partial charge in [0.1, 0.15) is 4.91 Å². The lowest BCUT2D eigenvalue weighted by Crippen LogP contribution is -2.40. The molecule has 0 radical (unpaired) electrons. The molecule has 0 unspecified atom stereocenters. The lowest BCUT2D eigenvalue weighted by Gasteiger charge is -2.19. The molecule has 0 aromatic rings. The third-order valence-corrected chi connectivity index (χ3v) is 2.51. The first-order chi connectivity index (χ1) is 7.34. The molecule has 0 amide bonds. The number of carbonyl (C=O) groups is 1. The van der Waals surface area contributed by atoms with Gasteiger partial charge in [0.15, 0.2) is 11.9 Å². The number of guanidine groups is 2. The molecule has 10 N–H and O–H groups in total. The number of nitrogens with two attached hydrogens (primary N) is 4. The number of hydrogen-bond donors (Lipinski definition) is 6. The van der Waals surface area contributed by atoms with E-state index < -0.39 is 11.1 Å². The number of aliphatic imine (C=N–C) groups is 2. The maximum absolute atomic E-state index is 10.7. The van der Waals surface area contributed by atoms with Gasteiger partial charge in [0, 0.05) is 6.20 Å². The summed E-state index contributed by atoms with van der Waals surface area (Å²) in [5.74, 6) is -1.67. The number of hydrogen-bond acceptors (Lipinski definition) is 5. The largest absolute Gasteiger partial charge is 0.477 e. The van der Waals surface area contributed by atoms with E-state index in [1.54, 1.807) is 0 Å². The number of thioether (sulfide) groups is 1. The third kappa shape index (κ3) is 2.70. The summed E-state index contributed by atoms with van der Waals surface area (Å²) in [5.41, 5.74) is 20.8. The van der Waals surface area contributed by atoms with Crippen molar-refractivity contribution in [2.45, 2.75) is 5.12 Å². The third-order valence-electron chi connectivity index (χ3n) is 1.42. The molecule has 0 spiro atoms. The Balaban J connectivity index is 3.00. The van der Waals surface area contributed by atoms with Crippen molar-refractivity contribution in [3.05, 3.63) is 11.1 Å². The molecule has 0 fully saturated rings. The summed E-state index contributed by atoms with van der Waals surface area (Å²) >= 11 is 0.778. The van der Waals surface area contributed by atoms with E-state index in [-0.39, 0.29) is 16.8 Å². The second-order valence-electron chi connectivity index (χ2n) is 2.74. The molecule has 1 aliphatic heterocycles. The van der Waals surface area contributed by atoms with Gasteiger partial charge in [0.25, 0.3) is 5.12 Å². The van der Waals surface area contributed by atoms with Crippen LogP contribution in [0.4, 0.5) is 0 Å². The molecule has 0 atom stereocenters. The second kappa shape index (κ2) is 4.18. The van der Waals surface area contributed by atoms with Crippen LogP contribution in [0.3, 0.4) is 0 Å². The molecule has 1 rings (SSSR count). The van der Waals surface area contributed by atoms with Crippen molar-refractivity contribution >= 4 is 29.7 Å². The number of carboxylic acids is 1. The van der Waals surface area contributed by atoms with Crippen LogP contribution in [0, 0.1) is 0 Å². The minimum Gasteiger partial charge on any atom is -0.477 e. The number of nitrogens with zero attached hydrogens (tertiary/aromatic N) is 2. The van der Waals surface area contributed by atoms with Gasteiger partial charge in [-0.2, -0.15) is 9.98 Å². The van der Waals surface area contributed by atoms with Gasteiger partial charge in [-0.1, -0.05) is 0 Å². The summed E-state index contributed by atoms with van der Waals surface area (Å²) in [6, 6.07) is 0. The Labute approximate surface area is 94.6 Å². The molecule has 0 saturated heterocycles. The van der Waals surface area contributed by atoms with Gasteiger partial charge in [-0.15, -0.1) is 0 Å². The van der Waals surface area contributed by atoms with Gasteiger partial charge in [0.2, 0.25) is 0 Å². The Kier molecular flexibility index (Phi) is 3.13. The van der Waals surface area contributed by atoms with Crippen LogP contribution in [0.15, 0.2) is 21.1 Å². The maximum Gasteiger partial charge on any atom is 0.343 e. The van der Waals surface area contributed by atoms with E-state index in [4.69, 9.17) is 28.0 Å². The summed E-state index contributed by atoms with van der Waals surface area (Å²) in [6.45, 7) is 0. The smallest absolute Gasteiger partial charge is 0.343 e. The van der Waals surface area contributed by atoms with E-state index in [1.165, 1.54) is 6.20 Å². The highest BCUT2D eigenvalue weighted by atomic mass is 32.2. The lowest BCUT2D eigenvalue weighted by molar-refractivity contribution is -0.131. The van der Waals surface area contributed by atoms with Crippen LogP contribution < -0.4 is 28.3 Å². The Hall–Kier alpha value is -2.10. The highest BCUT2D eigenvalue weighted by Crippen LogP contribution is 2.37. The van der Waals surface area contributed by atoms with Gasteiger partial charge < -0.3 is 33.4 Å². The molecule has 0 bridgehead atoms. The number of nitrogens with one attached hydrogen (secondary N) is 1. The molecule has 0 saturated carbocycles. The van der Waals surface area contributed by atoms with E-state index in [9.17, 15) is 4.79 Å². The number of carboxylic acid groups (broad SMARTS) is 1. The van der Waals surface area contributed by atoms with E-state index in [1.807, 2.05) is 0 Å². The SMILES string of the molecule is NC(N)=NC1(N=C(N)N)NC=C(C(=O)O)S1. The Morgan fingerprint density at radius 1 is 1.31 bits per heavy atom. The molecular weight excluding hydrogens is 234 g/mol. The lowest BCUT2D eigenvalue weighted by atomic mass is 10.6. The molecule has 0 aromatic carbocycles. The first-order valence-electron chi connectivity index (χ1n) is 3.96. The van der Waals surface area contributed by atoms with Gasteiger partial charge in [-0.05, 0) is 11.8 Å². The normalized spacial score (nSPS) is 16.9. The number of rotatable bonds is 3. The Bertz CT molecular complexity index is 376. The molecule has 10 heteroatoms. The highest BCUT2D eigenvalue weighted by Gasteiger charge is 2.38. The highest BCUT2D eigenvalue weighted by molar-refractivity contribution is 8.05. The van der Waals surface area contributed by atoms with Crippen molar-refractivity contribution in [2.75, 3.05) is 0 Å². The van der Waals surface area contributed by atoms with E-state index >= 15 is 0 Å². The fraction of sp³-hybridized carbons (Fsp3) is 0.167. The zero-order chi connectivity index (χ0) is 12.3. The monoisotopic (exact) mass is 245 g/mol. The molecule has 9 nitrogen and oxygen atoms in total. The average Bonchev–Trinajstić information content (AvgIpc) is 2.46. The van der Waals surface area contributed by atoms with Crippen molar-refractivity contribution < 1.29 is 9.90 Å². The van der Waals surface area contributed by atoms with Crippen molar-refractivity contribution in [3.8, 4) is 0 Å². The molecular formula is C6H11N7O2S. The molecule has 1 heterocycles. The topological polar surface area (TPSA) is 178 Å². The molecule has 16 heavy (non-hydrogen) atoms. The van der Waals surface area contributed by atoms with Crippen LogP contribution in [0.1, 0.15) is 0 Å².